The molecule has 0 unspecified atom stereocenters. The Morgan fingerprint density at radius 3 is 2.23 bits per heavy atom. The Morgan fingerprint density at radius 1 is 0.967 bits per heavy atom. The van der Waals surface area contributed by atoms with Gasteiger partial charge in [0.15, 0.2) is 6.61 Å². The number of nitrogens with zero attached hydrogens (tertiary/aromatic N) is 1. The molecule has 0 aromatic heterocycles. The molecule has 6 nitrogen and oxygen atoms in total. The number of halogens is 1. The Balaban J connectivity index is 1.65. The third-order valence-electron chi connectivity index (χ3n) is 4.26. The molecule has 0 aliphatic rings. The molecule has 0 fully saturated rings. The number of benzene rings is 3. The van der Waals surface area contributed by atoms with Crippen LogP contribution in [0.5, 0.6) is 5.75 Å². The van der Waals surface area contributed by atoms with Crippen LogP contribution in [0.2, 0.25) is 0 Å². The number of rotatable bonds is 8. The highest BCUT2D eigenvalue weighted by molar-refractivity contribution is 7.92. The summed E-state index contributed by atoms with van der Waals surface area (Å²) in [5, 5.41) is 2.42. The van der Waals surface area contributed by atoms with Crippen LogP contribution in [0.3, 0.4) is 0 Å². The zero-order chi connectivity index (χ0) is 21.6. The summed E-state index contributed by atoms with van der Waals surface area (Å²) >= 11 is 0. The Labute approximate surface area is 175 Å². The maximum absolute atomic E-state index is 13.6. The fraction of sp³-hybridized carbons (Fsp3) is 0.136. The molecule has 8 heteroatoms. The lowest BCUT2D eigenvalue weighted by Crippen LogP contribution is -2.30. The van der Waals surface area contributed by atoms with Gasteiger partial charge < -0.3 is 10.1 Å². The van der Waals surface area contributed by atoms with E-state index in [1.54, 1.807) is 37.3 Å². The minimum Gasteiger partial charge on any atom is -0.484 e. The van der Waals surface area contributed by atoms with E-state index in [0.29, 0.717) is 11.4 Å². The van der Waals surface area contributed by atoms with E-state index < -0.39 is 21.7 Å². The molecule has 0 radical (unpaired) electrons. The van der Waals surface area contributed by atoms with Crippen molar-refractivity contribution in [2.24, 2.45) is 0 Å². The molecule has 30 heavy (non-hydrogen) atoms. The van der Waals surface area contributed by atoms with Crippen molar-refractivity contribution in [2.45, 2.75) is 11.8 Å². The van der Waals surface area contributed by atoms with Crippen LogP contribution in [0.15, 0.2) is 83.8 Å². The van der Waals surface area contributed by atoms with Gasteiger partial charge in [-0.1, -0.05) is 30.3 Å². The molecule has 0 saturated heterocycles. The minimum atomic E-state index is -3.74. The minimum absolute atomic E-state index is 0.0631. The molecule has 156 valence electrons. The van der Waals surface area contributed by atoms with Crippen molar-refractivity contribution in [2.75, 3.05) is 22.8 Å². The summed E-state index contributed by atoms with van der Waals surface area (Å²) < 4.78 is 46.2. The van der Waals surface area contributed by atoms with E-state index in [9.17, 15) is 17.6 Å². The molecule has 0 atom stereocenters. The summed E-state index contributed by atoms with van der Waals surface area (Å²) in [7, 11) is -3.74. The van der Waals surface area contributed by atoms with Crippen LogP contribution in [-0.2, 0) is 14.8 Å². The molecule has 3 rings (SSSR count). The van der Waals surface area contributed by atoms with Gasteiger partial charge >= 0.3 is 0 Å². The van der Waals surface area contributed by atoms with E-state index in [2.05, 4.69) is 5.32 Å². The lowest BCUT2D eigenvalue weighted by molar-refractivity contribution is -0.118. The summed E-state index contributed by atoms with van der Waals surface area (Å²) in [6.07, 6.45) is 0. The molecule has 1 amide bonds. The summed E-state index contributed by atoms with van der Waals surface area (Å²) in [6, 6.07) is 20.4. The van der Waals surface area contributed by atoms with Crippen LogP contribution in [0.25, 0.3) is 0 Å². The van der Waals surface area contributed by atoms with Gasteiger partial charge in [0.2, 0.25) is 0 Å². The second kappa shape index (κ2) is 9.41. The van der Waals surface area contributed by atoms with Crippen molar-refractivity contribution in [3.8, 4) is 5.75 Å². The van der Waals surface area contributed by atoms with Gasteiger partial charge in [-0.25, -0.2) is 12.8 Å². The first-order valence-corrected chi connectivity index (χ1v) is 10.7. The number of para-hydroxylation sites is 2. The number of hydrogen-bond acceptors (Lipinski definition) is 4. The number of nitrogens with one attached hydrogen (secondary N) is 1. The first-order chi connectivity index (χ1) is 14.4. The van der Waals surface area contributed by atoms with Crippen LogP contribution in [0.4, 0.5) is 15.8 Å². The molecule has 0 aliphatic heterocycles. The second-order valence-electron chi connectivity index (χ2n) is 6.29. The third-order valence-corrected chi connectivity index (χ3v) is 6.18. The molecule has 3 aromatic carbocycles. The third kappa shape index (κ3) is 4.96. The Morgan fingerprint density at radius 2 is 1.60 bits per heavy atom. The van der Waals surface area contributed by atoms with E-state index >= 15 is 0 Å². The molecule has 0 saturated carbocycles. The number of sulfonamides is 1. The first-order valence-electron chi connectivity index (χ1n) is 9.27. The van der Waals surface area contributed by atoms with E-state index in [-0.39, 0.29) is 23.7 Å². The first kappa shape index (κ1) is 21.3. The number of carbonyl (C=O) groups is 1. The standard InChI is InChI=1S/C22H21FN2O4S/c1-2-25(17-8-4-3-5-9-17)30(27,28)19-14-12-18(13-15-19)29-16-22(26)24-21-11-7-6-10-20(21)23/h3-15H,2,16H2,1H3,(H,24,26). The monoisotopic (exact) mass is 428 g/mol. The molecule has 0 bridgehead atoms. The van der Waals surface area contributed by atoms with E-state index in [4.69, 9.17) is 4.74 Å². The van der Waals surface area contributed by atoms with Gasteiger partial charge in [0.1, 0.15) is 11.6 Å². The van der Waals surface area contributed by atoms with Gasteiger partial charge in [0, 0.05) is 6.54 Å². The average Bonchev–Trinajstić information content (AvgIpc) is 2.75. The normalized spacial score (nSPS) is 11.0. The van der Waals surface area contributed by atoms with Gasteiger partial charge in [-0.3, -0.25) is 9.10 Å². The van der Waals surface area contributed by atoms with Crippen molar-refractivity contribution < 1.29 is 22.3 Å². The Hall–Kier alpha value is -3.39. The van der Waals surface area contributed by atoms with Crippen molar-refractivity contribution in [1.29, 1.82) is 0 Å². The van der Waals surface area contributed by atoms with Crippen molar-refractivity contribution in [1.82, 2.24) is 0 Å². The Bertz CT molecular complexity index is 1100. The molecule has 1 N–H and O–H groups in total. The van der Waals surface area contributed by atoms with Crippen molar-refractivity contribution >= 4 is 27.3 Å². The largest absolute Gasteiger partial charge is 0.484 e. The fourth-order valence-corrected chi connectivity index (χ4v) is 4.29. The van der Waals surface area contributed by atoms with Crippen molar-refractivity contribution in [3.63, 3.8) is 0 Å². The zero-order valence-corrected chi connectivity index (χ0v) is 17.1. The topological polar surface area (TPSA) is 75.7 Å². The summed E-state index contributed by atoms with van der Waals surface area (Å²) in [6.45, 7) is 1.70. The smallest absolute Gasteiger partial charge is 0.264 e. The molecule has 3 aromatic rings. The zero-order valence-electron chi connectivity index (χ0n) is 16.3. The quantitative estimate of drug-likeness (QED) is 0.587. The van der Waals surface area contributed by atoms with Crippen molar-refractivity contribution in [3.05, 3.63) is 84.7 Å². The maximum atomic E-state index is 13.6. The van der Waals surface area contributed by atoms with Gasteiger partial charge in [-0.05, 0) is 55.5 Å². The number of anilines is 2. The van der Waals surface area contributed by atoms with E-state index in [1.165, 1.54) is 46.8 Å². The molecular formula is C22H21FN2O4S. The highest BCUT2D eigenvalue weighted by Crippen LogP contribution is 2.24. The van der Waals surface area contributed by atoms with E-state index in [0.717, 1.165) is 0 Å². The predicted octanol–water partition coefficient (Wildman–Crippen LogP) is 4.06. The molecule has 0 heterocycles. The Kier molecular flexibility index (Phi) is 6.68. The molecule has 0 aliphatic carbocycles. The van der Waals surface area contributed by atoms with Gasteiger partial charge in [-0.15, -0.1) is 0 Å². The van der Waals surface area contributed by atoms with Crippen LogP contribution in [-0.4, -0.2) is 27.5 Å². The van der Waals surface area contributed by atoms with E-state index in [1.807, 2.05) is 6.07 Å². The van der Waals surface area contributed by atoms with Gasteiger partial charge in [-0.2, -0.15) is 0 Å². The van der Waals surface area contributed by atoms with Crippen LogP contribution in [0, 0.1) is 5.82 Å². The lowest BCUT2D eigenvalue weighted by atomic mass is 10.3. The summed E-state index contributed by atoms with van der Waals surface area (Å²) in [4.78, 5) is 12.1. The highest BCUT2D eigenvalue weighted by Gasteiger charge is 2.23. The SMILES string of the molecule is CCN(c1ccccc1)S(=O)(=O)c1ccc(OCC(=O)Nc2ccccc2F)cc1. The van der Waals surface area contributed by atoms with Gasteiger partial charge in [0.05, 0.1) is 16.3 Å². The fourth-order valence-electron chi connectivity index (χ4n) is 2.82. The highest BCUT2D eigenvalue weighted by atomic mass is 32.2. The predicted molar refractivity (Wildman–Crippen MR) is 114 cm³/mol. The maximum Gasteiger partial charge on any atom is 0.264 e. The molecular weight excluding hydrogens is 407 g/mol. The lowest BCUT2D eigenvalue weighted by Gasteiger charge is -2.23. The number of ether oxygens (including phenoxy) is 1. The number of carbonyl (C=O) groups excluding carboxylic acids is 1. The molecule has 0 spiro atoms. The second-order valence-corrected chi connectivity index (χ2v) is 8.16. The summed E-state index contributed by atoms with van der Waals surface area (Å²) in [5.41, 5.74) is 0.637. The number of amides is 1. The van der Waals surface area contributed by atoms with Crippen LogP contribution >= 0.6 is 0 Å². The van der Waals surface area contributed by atoms with Crippen LogP contribution in [0.1, 0.15) is 6.92 Å². The van der Waals surface area contributed by atoms with Gasteiger partial charge in [0.25, 0.3) is 15.9 Å². The summed E-state index contributed by atoms with van der Waals surface area (Å²) in [5.74, 6) is -0.752. The number of hydrogen-bond donors (Lipinski definition) is 1. The van der Waals surface area contributed by atoms with Crippen LogP contribution < -0.4 is 14.4 Å². The average molecular weight is 428 g/mol.